The van der Waals surface area contributed by atoms with Crippen molar-refractivity contribution in [2.45, 2.75) is 39.4 Å². The van der Waals surface area contributed by atoms with Gasteiger partial charge >= 0.3 is 12.2 Å². The molecule has 2 aliphatic rings. The Balaban J connectivity index is 1.49. The molecule has 8 heteroatoms. The molecule has 30 heavy (non-hydrogen) atoms. The quantitative estimate of drug-likeness (QED) is 0.758. The zero-order valence-corrected chi connectivity index (χ0v) is 17.8. The van der Waals surface area contributed by atoms with E-state index < -0.39 is 11.7 Å². The van der Waals surface area contributed by atoms with Gasteiger partial charge in [-0.3, -0.25) is 9.69 Å². The van der Waals surface area contributed by atoms with Crippen LogP contribution in [0.2, 0.25) is 0 Å². The Morgan fingerprint density at radius 1 is 1.00 bits per heavy atom. The Labute approximate surface area is 177 Å². The van der Waals surface area contributed by atoms with E-state index in [1.54, 1.807) is 9.80 Å². The Morgan fingerprint density at radius 3 is 2.33 bits per heavy atom. The lowest BCUT2D eigenvalue weighted by Gasteiger charge is -2.37. The molecule has 3 rings (SSSR count). The van der Waals surface area contributed by atoms with Crippen molar-refractivity contribution >= 4 is 18.1 Å². The van der Waals surface area contributed by atoms with Crippen LogP contribution in [-0.4, -0.2) is 71.1 Å². The first kappa shape index (κ1) is 21.7. The van der Waals surface area contributed by atoms with Gasteiger partial charge in [0.2, 0.25) is 5.91 Å². The first-order chi connectivity index (χ1) is 14.2. The molecule has 1 aromatic carbocycles. The van der Waals surface area contributed by atoms with Crippen molar-refractivity contribution in [3.8, 4) is 0 Å². The van der Waals surface area contributed by atoms with Crippen LogP contribution in [0.5, 0.6) is 0 Å². The smallest absolute Gasteiger partial charge is 0.410 e. The lowest BCUT2D eigenvalue weighted by Crippen LogP contribution is -2.52. The van der Waals surface area contributed by atoms with E-state index in [4.69, 9.17) is 9.47 Å². The van der Waals surface area contributed by atoms with Crippen LogP contribution in [0.15, 0.2) is 42.1 Å². The molecule has 0 N–H and O–H groups in total. The van der Waals surface area contributed by atoms with Crippen molar-refractivity contribution in [1.82, 2.24) is 14.7 Å². The van der Waals surface area contributed by atoms with Crippen LogP contribution in [0.3, 0.4) is 0 Å². The number of hydrogen-bond acceptors (Lipinski definition) is 5. The highest BCUT2D eigenvalue weighted by Gasteiger charge is 2.32. The second kappa shape index (κ2) is 9.19. The lowest BCUT2D eigenvalue weighted by atomic mass is 10.1. The maximum absolute atomic E-state index is 12.6. The maximum atomic E-state index is 12.6. The van der Waals surface area contributed by atoms with Crippen LogP contribution in [-0.2, 0) is 20.9 Å². The molecule has 0 unspecified atom stereocenters. The molecule has 0 radical (unpaired) electrons. The number of piperazine rings is 1. The fraction of sp³-hybridized carbons (Fsp3) is 0.500. The summed E-state index contributed by atoms with van der Waals surface area (Å²) in [6, 6.07) is 9.43. The van der Waals surface area contributed by atoms with Crippen LogP contribution in [0.25, 0.3) is 0 Å². The summed E-state index contributed by atoms with van der Waals surface area (Å²) < 4.78 is 10.7. The van der Waals surface area contributed by atoms with Crippen molar-refractivity contribution in [2.75, 3.05) is 32.7 Å². The summed E-state index contributed by atoms with van der Waals surface area (Å²) in [5, 5.41) is 0. The third-order valence-electron chi connectivity index (χ3n) is 4.87. The van der Waals surface area contributed by atoms with Crippen LogP contribution >= 0.6 is 0 Å². The highest BCUT2D eigenvalue weighted by molar-refractivity contribution is 5.85. The van der Waals surface area contributed by atoms with E-state index in [1.807, 2.05) is 57.2 Å². The summed E-state index contributed by atoms with van der Waals surface area (Å²) in [6.07, 6.45) is 1.62. The molecule has 0 aromatic heterocycles. The Bertz CT molecular complexity index is 816. The van der Waals surface area contributed by atoms with Gasteiger partial charge in [-0.05, 0) is 32.4 Å². The van der Waals surface area contributed by atoms with Crippen molar-refractivity contribution in [3.63, 3.8) is 0 Å². The first-order valence-electron chi connectivity index (χ1n) is 10.2. The van der Waals surface area contributed by atoms with E-state index in [0.29, 0.717) is 32.6 Å². The molecule has 2 aliphatic heterocycles. The molecule has 0 bridgehead atoms. The summed E-state index contributed by atoms with van der Waals surface area (Å²) in [5.41, 5.74) is 1.25. The van der Waals surface area contributed by atoms with Crippen LogP contribution in [0.1, 0.15) is 32.8 Å². The summed E-state index contributed by atoms with van der Waals surface area (Å²) in [6.45, 7) is 7.38. The highest BCUT2D eigenvalue weighted by atomic mass is 16.6. The molecule has 8 nitrogen and oxygen atoms in total. The van der Waals surface area contributed by atoms with E-state index in [9.17, 15) is 14.4 Å². The normalized spacial score (nSPS) is 17.5. The fourth-order valence-electron chi connectivity index (χ4n) is 3.34. The number of amides is 3. The van der Waals surface area contributed by atoms with Crippen LogP contribution in [0.4, 0.5) is 9.59 Å². The predicted octanol–water partition coefficient (Wildman–Crippen LogP) is 2.99. The van der Waals surface area contributed by atoms with Gasteiger partial charge in [0.1, 0.15) is 18.8 Å². The van der Waals surface area contributed by atoms with Crippen LogP contribution in [0, 0.1) is 0 Å². The molecule has 1 saturated heterocycles. The molecule has 1 aromatic rings. The van der Waals surface area contributed by atoms with Crippen molar-refractivity contribution < 1.29 is 23.9 Å². The van der Waals surface area contributed by atoms with Gasteiger partial charge in [0.05, 0.1) is 0 Å². The van der Waals surface area contributed by atoms with Gasteiger partial charge in [-0.1, -0.05) is 30.3 Å². The number of benzene rings is 1. The van der Waals surface area contributed by atoms with Gasteiger partial charge in [-0.2, -0.15) is 0 Å². The van der Waals surface area contributed by atoms with E-state index in [0.717, 1.165) is 11.3 Å². The Kier molecular flexibility index (Phi) is 6.64. The molecule has 0 spiro atoms. The largest absolute Gasteiger partial charge is 0.445 e. The number of nitrogens with zero attached hydrogens (tertiary/aromatic N) is 3. The zero-order chi connectivity index (χ0) is 21.7. The number of ether oxygens (including phenoxy) is 2. The topological polar surface area (TPSA) is 79.4 Å². The van der Waals surface area contributed by atoms with Crippen molar-refractivity contribution in [1.29, 1.82) is 0 Å². The Hall–Kier alpha value is -3.03. The minimum atomic E-state index is -0.539. The number of rotatable bonds is 3. The predicted molar refractivity (Wildman–Crippen MR) is 110 cm³/mol. The van der Waals surface area contributed by atoms with E-state index in [2.05, 4.69) is 0 Å². The summed E-state index contributed by atoms with van der Waals surface area (Å²) in [7, 11) is 0. The van der Waals surface area contributed by atoms with Gasteiger partial charge in [0.15, 0.2) is 0 Å². The average Bonchev–Trinajstić information content (AvgIpc) is 2.71. The Morgan fingerprint density at radius 2 is 1.73 bits per heavy atom. The third-order valence-corrected chi connectivity index (χ3v) is 4.87. The minimum absolute atomic E-state index is 0.0132. The molecule has 1 fully saturated rings. The molecule has 2 heterocycles. The minimum Gasteiger partial charge on any atom is -0.445 e. The van der Waals surface area contributed by atoms with Gasteiger partial charge in [0.25, 0.3) is 0 Å². The molecular weight excluding hydrogens is 386 g/mol. The van der Waals surface area contributed by atoms with Crippen LogP contribution < -0.4 is 0 Å². The molecular formula is C22H29N3O5. The van der Waals surface area contributed by atoms with Gasteiger partial charge in [-0.25, -0.2) is 9.59 Å². The average molecular weight is 415 g/mol. The van der Waals surface area contributed by atoms with Crippen molar-refractivity contribution in [2.24, 2.45) is 0 Å². The second-order valence-electron chi connectivity index (χ2n) is 8.38. The molecule has 0 saturated carbocycles. The second-order valence-corrected chi connectivity index (χ2v) is 8.38. The molecule has 162 valence electrons. The third kappa shape index (κ3) is 5.75. The van der Waals surface area contributed by atoms with Crippen molar-refractivity contribution in [3.05, 3.63) is 47.7 Å². The SMILES string of the molecule is CC(C)(C)OC(=O)N1CC=C(N2CCN(C(=O)OCc3ccccc3)CC2=O)CC1. The number of hydrogen-bond donors (Lipinski definition) is 0. The van der Waals surface area contributed by atoms with E-state index in [1.165, 1.54) is 4.90 Å². The molecule has 3 amide bonds. The molecule has 0 atom stereocenters. The highest BCUT2D eigenvalue weighted by Crippen LogP contribution is 2.20. The van der Waals surface area contributed by atoms with Gasteiger partial charge < -0.3 is 19.3 Å². The lowest BCUT2D eigenvalue weighted by molar-refractivity contribution is -0.133. The first-order valence-corrected chi connectivity index (χ1v) is 10.2. The number of carbonyl (C=O) groups is 3. The fourth-order valence-corrected chi connectivity index (χ4v) is 3.34. The summed E-state index contributed by atoms with van der Waals surface area (Å²) in [4.78, 5) is 41.8. The van der Waals surface area contributed by atoms with E-state index >= 15 is 0 Å². The maximum Gasteiger partial charge on any atom is 0.410 e. The zero-order valence-electron chi connectivity index (χ0n) is 17.8. The van der Waals surface area contributed by atoms with E-state index in [-0.39, 0.29) is 25.2 Å². The standard InChI is InChI=1S/C22H29N3O5/c1-22(2,3)30-21(28)23-11-9-18(10-12-23)25-14-13-24(15-19(25)26)20(27)29-16-17-7-5-4-6-8-17/h4-9H,10-16H2,1-3H3. The molecule has 0 aliphatic carbocycles. The summed E-state index contributed by atoms with van der Waals surface area (Å²) in [5.74, 6) is -0.144. The number of carbonyl (C=O) groups excluding carboxylic acids is 3. The summed E-state index contributed by atoms with van der Waals surface area (Å²) >= 11 is 0. The van der Waals surface area contributed by atoms with Gasteiger partial charge in [-0.15, -0.1) is 0 Å². The monoisotopic (exact) mass is 415 g/mol. The van der Waals surface area contributed by atoms with Gasteiger partial charge in [0, 0.05) is 38.3 Å².